The minimum atomic E-state index is 0.526. The SMILES string of the molecule is Cc1nccc(C2CCCN(Cc3cn[nH]c3C)C2)n1. The maximum Gasteiger partial charge on any atom is 0.125 e. The third-order valence-corrected chi connectivity index (χ3v) is 4.05. The smallest absolute Gasteiger partial charge is 0.125 e. The number of nitrogens with zero attached hydrogens (tertiary/aromatic N) is 4. The fourth-order valence-electron chi connectivity index (χ4n) is 2.92. The molecule has 1 saturated heterocycles. The van der Waals surface area contributed by atoms with Gasteiger partial charge in [-0.3, -0.25) is 10.00 Å². The average molecular weight is 271 g/mol. The molecule has 1 fully saturated rings. The minimum Gasteiger partial charge on any atom is -0.298 e. The van der Waals surface area contributed by atoms with Gasteiger partial charge < -0.3 is 0 Å². The van der Waals surface area contributed by atoms with Gasteiger partial charge in [-0.15, -0.1) is 0 Å². The molecule has 0 spiro atoms. The van der Waals surface area contributed by atoms with Gasteiger partial charge >= 0.3 is 0 Å². The van der Waals surface area contributed by atoms with E-state index in [0.29, 0.717) is 5.92 Å². The fraction of sp³-hybridized carbons (Fsp3) is 0.533. The van der Waals surface area contributed by atoms with E-state index in [9.17, 15) is 0 Å². The summed E-state index contributed by atoms with van der Waals surface area (Å²) in [6.07, 6.45) is 6.26. The van der Waals surface area contributed by atoms with Crippen molar-refractivity contribution in [1.29, 1.82) is 0 Å². The minimum absolute atomic E-state index is 0.526. The molecule has 20 heavy (non-hydrogen) atoms. The molecule has 2 aromatic heterocycles. The molecule has 0 bridgehead atoms. The molecular weight excluding hydrogens is 250 g/mol. The Balaban J connectivity index is 1.69. The number of piperidine rings is 1. The Morgan fingerprint density at radius 3 is 3.05 bits per heavy atom. The first kappa shape index (κ1) is 13.2. The van der Waals surface area contributed by atoms with Gasteiger partial charge in [-0.25, -0.2) is 9.97 Å². The van der Waals surface area contributed by atoms with Gasteiger partial charge in [0.1, 0.15) is 5.82 Å². The molecule has 0 saturated carbocycles. The molecule has 0 aliphatic carbocycles. The van der Waals surface area contributed by atoms with Crippen LogP contribution in [0.15, 0.2) is 18.5 Å². The lowest BCUT2D eigenvalue weighted by Crippen LogP contribution is -2.34. The van der Waals surface area contributed by atoms with Crippen molar-refractivity contribution in [2.45, 2.75) is 39.2 Å². The molecular formula is C15H21N5. The highest BCUT2D eigenvalue weighted by atomic mass is 15.2. The van der Waals surface area contributed by atoms with Crippen LogP contribution in [0.1, 0.15) is 41.5 Å². The van der Waals surface area contributed by atoms with Crippen LogP contribution >= 0.6 is 0 Å². The number of H-pyrrole nitrogens is 1. The second-order valence-electron chi connectivity index (χ2n) is 5.62. The monoisotopic (exact) mass is 271 g/mol. The van der Waals surface area contributed by atoms with Crippen molar-refractivity contribution in [1.82, 2.24) is 25.1 Å². The number of nitrogens with one attached hydrogen (secondary N) is 1. The van der Waals surface area contributed by atoms with Gasteiger partial charge in [-0.05, 0) is 39.3 Å². The lowest BCUT2D eigenvalue weighted by Gasteiger charge is -2.32. The summed E-state index contributed by atoms with van der Waals surface area (Å²) in [5.41, 5.74) is 3.65. The summed E-state index contributed by atoms with van der Waals surface area (Å²) in [5, 5.41) is 7.12. The molecule has 5 nitrogen and oxygen atoms in total. The van der Waals surface area contributed by atoms with E-state index in [4.69, 9.17) is 0 Å². The average Bonchev–Trinajstić information content (AvgIpc) is 2.85. The first-order chi connectivity index (χ1) is 9.72. The summed E-state index contributed by atoms with van der Waals surface area (Å²) >= 11 is 0. The quantitative estimate of drug-likeness (QED) is 0.929. The van der Waals surface area contributed by atoms with Gasteiger partial charge in [0, 0.05) is 42.2 Å². The Kier molecular flexibility index (Phi) is 3.78. The zero-order valence-corrected chi connectivity index (χ0v) is 12.1. The first-order valence-electron chi connectivity index (χ1n) is 7.23. The number of aromatic nitrogens is 4. The summed E-state index contributed by atoms with van der Waals surface area (Å²) in [6, 6.07) is 2.06. The van der Waals surface area contributed by atoms with Crippen LogP contribution in [-0.2, 0) is 6.54 Å². The Morgan fingerprint density at radius 1 is 1.40 bits per heavy atom. The largest absolute Gasteiger partial charge is 0.298 e. The maximum atomic E-state index is 4.59. The standard InChI is InChI=1S/C15H21N5/c1-11-14(8-17-19-11)10-20-7-3-4-13(9-20)15-5-6-16-12(2)18-15/h5-6,8,13H,3-4,7,9-10H2,1-2H3,(H,17,19). The van der Waals surface area contributed by atoms with Crippen LogP contribution in [0.3, 0.4) is 0 Å². The van der Waals surface area contributed by atoms with E-state index < -0.39 is 0 Å². The molecule has 3 rings (SSSR count). The molecule has 0 radical (unpaired) electrons. The number of rotatable bonds is 3. The highest BCUT2D eigenvalue weighted by molar-refractivity contribution is 5.15. The normalized spacial score (nSPS) is 20.2. The number of hydrogen-bond donors (Lipinski definition) is 1. The lowest BCUT2D eigenvalue weighted by molar-refractivity contribution is 0.198. The van der Waals surface area contributed by atoms with Crippen molar-refractivity contribution >= 4 is 0 Å². The van der Waals surface area contributed by atoms with Gasteiger partial charge in [0.05, 0.1) is 6.20 Å². The van der Waals surface area contributed by atoms with Crippen molar-refractivity contribution in [2.75, 3.05) is 13.1 Å². The van der Waals surface area contributed by atoms with Gasteiger partial charge in [0.15, 0.2) is 0 Å². The fourth-order valence-corrected chi connectivity index (χ4v) is 2.92. The molecule has 106 valence electrons. The van der Waals surface area contributed by atoms with Crippen molar-refractivity contribution in [3.05, 3.63) is 41.2 Å². The van der Waals surface area contributed by atoms with E-state index in [1.807, 2.05) is 19.3 Å². The van der Waals surface area contributed by atoms with Crippen LogP contribution in [0.2, 0.25) is 0 Å². The Labute approximate surface area is 119 Å². The molecule has 0 amide bonds. The third kappa shape index (κ3) is 2.88. The van der Waals surface area contributed by atoms with E-state index in [1.54, 1.807) is 0 Å². The number of likely N-dealkylation sites (tertiary alicyclic amines) is 1. The van der Waals surface area contributed by atoms with E-state index >= 15 is 0 Å². The molecule has 5 heteroatoms. The molecule has 1 aliphatic rings. The maximum absolute atomic E-state index is 4.59. The molecule has 0 aromatic carbocycles. The molecule has 1 aliphatic heterocycles. The van der Waals surface area contributed by atoms with Gasteiger partial charge in [-0.1, -0.05) is 0 Å². The Hall–Kier alpha value is -1.75. The van der Waals surface area contributed by atoms with Crippen LogP contribution in [0.25, 0.3) is 0 Å². The Morgan fingerprint density at radius 2 is 2.30 bits per heavy atom. The molecule has 1 N–H and O–H groups in total. The Bertz CT molecular complexity index is 577. The van der Waals surface area contributed by atoms with Crippen LogP contribution < -0.4 is 0 Å². The van der Waals surface area contributed by atoms with E-state index in [-0.39, 0.29) is 0 Å². The highest BCUT2D eigenvalue weighted by Crippen LogP contribution is 2.26. The van der Waals surface area contributed by atoms with Gasteiger partial charge in [0.25, 0.3) is 0 Å². The summed E-state index contributed by atoms with van der Waals surface area (Å²) in [4.78, 5) is 11.3. The predicted octanol–water partition coefficient (Wildman–Crippen LogP) is 2.20. The van der Waals surface area contributed by atoms with Crippen molar-refractivity contribution in [2.24, 2.45) is 0 Å². The first-order valence-corrected chi connectivity index (χ1v) is 7.23. The van der Waals surface area contributed by atoms with Crippen LogP contribution in [0, 0.1) is 13.8 Å². The predicted molar refractivity (Wildman–Crippen MR) is 77.3 cm³/mol. The van der Waals surface area contributed by atoms with E-state index in [1.165, 1.54) is 29.8 Å². The van der Waals surface area contributed by atoms with E-state index in [2.05, 4.69) is 38.1 Å². The van der Waals surface area contributed by atoms with Gasteiger partial charge in [-0.2, -0.15) is 5.10 Å². The van der Waals surface area contributed by atoms with Crippen LogP contribution in [0.5, 0.6) is 0 Å². The number of aromatic amines is 1. The topological polar surface area (TPSA) is 57.7 Å². The summed E-state index contributed by atoms with van der Waals surface area (Å²) in [6.45, 7) is 7.24. The number of aryl methyl sites for hydroxylation is 2. The summed E-state index contributed by atoms with van der Waals surface area (Å²) < 4.78 is 0. The second-order valence-corrected chi connectivity index (χ2v) is 5.62. The third-order valence-electron chi connectivity index (χ3n) is 4.05. The zero-order chi connectivity index (χ0) is 13.9. The van der Waals surface area contributed by atoms with Crippen molar-refractivity contribution < 1.29 is 0 Å². The number of hydrogen-bond acceptors (Lipinski definition) is 4. The summed E-state index contributed by atoms with van der Waals surface area (Å²) in [7, 11) is 0. The molecule has 2 aromatic rings. The van der Waals surface area contributed by atoms with Crippen molar-refractivity contribution in [3.8, 4) is 0 Å². The molecule has 1 atom stereocenters. The van der Waals surface area contributed by atoms with Gasteiger partial charge in [0.2, 0.25) is 0 Å². The zero-order valence-electron chi connectivity index (χ0n) is 12.1. The second kappa shape index (κ2) is 5.71. The summed E-state index contributed by atoms with van der Waals surface area (Å²) in [5.74, 6) is 1.39. The van der Waals surface area contributed by atoms with E-state index in [0.717, 1.165) is 25.5 Å². The highest BCUT2D eigenvalue weighted by Gasteiger charge is 2.23. The molecule has 1 unspecified atom stereocenters. The lowest BCUT2D eigenvalue weighted by atomic mass is 9.94. The van der Waals surface area contributed by atoms with Crippen molar-refractivity contribution in [3.63, 3.8) is 0 Å². The molecule has 3 heterocycles. The van der Waals surface area contributed by atoms with Crippen LogP contribution in [-0.4, -0.2) is 38.2 Å². The van der Waals surface area contributed by atoms with Crippen LogP contribution in [0.4, 0.5) is 0 Å².